The molecule has 0 bridgehead atoms. The first-order valence-corrected chi connectivity index (χ1v) is 6.77. The van der Waals surface area contributed by atoms with Crippen molar-refractivity contribution in [1.82, 2.24) is 10.3 Å². The Kier molecular flexibility index (Phi) is 4.15. The van der Waals surface area contributed by atoms with Crippen LogP contribution >= 0.6 is 22.9 Å². The summed E-state index contributed by atoms with van der Waals surface area (Å²) in [6, 6.07) is 8.68. The molecule has 2 nitrogen and oxygen atoms in total. The number of thiophene rings is 1. The molecule has 2 heterocycles. The van der Waals surface area contributed by atoms with Gasteiger partial charge in [0.25, 0.3) is 0 Å². The Bertz CT molecular complexity index is 469. The van der Waals surface area contributed by atoms with Crippen LogP contribution in [0, 0.1) is 0 Å². The van der Waals surface area contributed by atoms with E-state index in [4.69, 9.17) is 11.6 Å². The van der Waals surface area contributed by atoms with Crippen LogP contribution < -0.4 is 5.32 Å². The number of aromatic nitrogens is 1. The molecule has 1 N–H and O–H groups in total. The first-order chi connectivity index (χ1) is 8.16. The molecule has 2 aromatic rings. The van der Waals surface area contributed by atoms with E-state index in [-0.39, 0.29) is 0 Å². The van der Waals surface area contributed by atoms with Crippen LogP contribution in [0.5, 0.6) is 0 Å². The molecule has 17 heavy (non-hydrogen) atoms. The number of nitrogens with one attached hydrogen (secondary N) is 1. The second-order valence-electron chi connectivity index (χ2n) is 4.03. The Morgan fingerprint density at radius 2 is 1.82 bits per heavy atom. The molecule has 0 spiro atoms. The van der Waals surface area contributed by atoms with Gasteiger partial charge in [-0.2, -0.15) is 0 Å². The molecule has 0 aliphatic rings. The molecular weight excluding hydrogens is 252 g/mol. The van der Waals surface area contributed by atoms with Crippen molar-refractivity contribution in [3.8, 4) is 0 Å². The molecule has 0 amide bonds. The Balaban J connectivity index is 2.02. The van der Waals surface area contributed by atoms with E-state index in [1.165, 1.54) is 10.4 Å². The van der Waals surface area contributed by atoms with Gasteiger partial charge in [0, 0.05) is 29.4 Å². The molecule has 1 unspecified atom stereocenters. The molecule has 2 aromatic heterocycles. The third-order valence-electron chi connectivity index (χ3n) is 2.73. The topological polar surface area (TPSA) is 24.9 Å². The standard InChI is InChI=1S/C13H15ClN2S/c1-9(11-5-7-15-8-6-11)16-10(2)12-3-4-13(14)17-12/h3-10,16H,1-2H3/t9-,10?/m1/s1. The van der Waals surface area contributed by atoms with Crippen molar-refractivity contribution in [2.24, 2.45) is 0 Å². The lowest BCUT2D eigenvalue weighted by molar-refractivity contribution is 0.500. The monoisotopic (exact) mass is 266 g/mol. The van der Waals surface area contributed by atoms with Crippen LogP contribution in [-0.4, -0.2) is 4.98 Å². The Hall–Kier alpha value is -0.900. The van der Waals surface area contributed by atoms with Gasteiger partial charge in [-0.15, -0.1) is 11.3 Å². The van der Waals surface area contributed by atoms with Crippen molar-refractivity contribution in [3.05, 3.63) is 51.4 Å². The molecule has 0 aliphatic heterocycles. The van der Waals surface area contributed by atoms with Crippen LogP contribution in [0.1, 0.15) is 36.4 Å². The van der Waals surface area contributed by atoms with Crippen LogP contribution in [0.2, 0.25) is 4.34 Å². The van der Waals surface area contributed by atoms with Crippen LogP contribution in [-0.2, 0) is 0 Å². The van der Waals surface area contributed by atoms with E-state index in [1.54, 1.807) is 11.3 Å². The van der Waals surface area contributed by atoms with E-state index >= 15 is 0 Å². The smallest absolute Gasteiger partial charge is 0.0931 e. The zero-order valence-corrected chi connectivity index (χ0v) is 11.4. The fourth-order valence-corrected chi connectivity index (χ4v) is 2.84. The van der Waals surface area contributed by atoms with Crippen molar-refractivity contribution in [1.29, 1.82) is 0 Å². The molecular formula is C13H15ClN2S. The summed E-state index contributed by atoms with van der Waals surface area (Å²) >= 11 is 7.56. The van der Waals surface area contributed by atoms with Gasteiger partial charge < -0.3 is 5.32 Å². The van der Waals surface area contributed by atoms with Crippen molar-refractivity contribution in [2.45, 2.75) is 25.9 Å². The fourth-order valence-electron chi connectivity index (χ4n) is 1.77. The molecule has 0 saturated heterocycles. The molecule has 2 rings (SSSR count). The minimum Gasteiger partial charge on any atom is -0.303 e. The zero-order chi connectivity index (χ0) is 12.3. The van der Waals surface area contributed by atoms with E-state index in [0.717, 1.165) is 4.34 Å². The molecule has 0 aromatic carbocycles. The summed E-state index contributed by atoms with van der Waals surface area (Å²) in [5, 5.41) is 3.55. The van der Waals surface area contributed by atoms with Gasteiger partial charge in [-0.05, 0) is 43.7 Å². The van der Waals surface area contributed by atoms with Gasteiger partial charge in [0.1, 0.15) is 0 Å². The highest BCUT2D eigenvalue weighted by molar-refractivity contribution is 7.16. The summed E-state index contributed by atoms with van der Waals surface area (Å²) in [5.74, 6) is 0. The van der Waals surface area contributed by atoms with E-state index in [0.29, 0.717) is 12.1 Å². The second-order valence-corrected chi connectivity index (χ2v) is 5.78. The summed E-state index contributed by atoms with van der Waals surface area (Å²) in [5.41, 5.74) is 1.24. The molecule has 0 aliphatic carbocycles. The van der Waals surface area contributed by atoms with Gasteiger partial charge in [0.2, 0.25) is 0 Å². The van der Waals surface area contributed by atoms with Gasteiger partial charge in [0.05, 0.1) is 4.34 Å². The van der Waals surface area contributed by atoms with E-state index in [9.17, 15) is 0 Å². The van der Waals surface area contributed by atoms with Crippen molar-refractivity contribution < 1.29 is 0 Å². The van der Waals surface area contributed by atoms with Crippen molar-refractivity contribution >= 4 is 22.9 Å². The second kappa shape index (κ2) is 5.63. The number of hydrogen-bond donors (Lipinski definition) is 1. The quantitative estimate of drug-likeness (QED) is 0.897. The highest BCUT2D eigenvalue weighted by Crippen LogP contribution is 2.28. The molecule has 4 heteroatoms. The molecule has 0 radical (unpaired) electrons. The average Bonchev–Trinajstić information content (AvgIpc) is 2.77. The summed E-state index contributed by atoms with van der Waals surface area (Å²) < 4.78 is 0.838. The maximum absolute atomic E-state index is 5.94. The van der Waals surface area contributed by atoms with Gasteiger partial charge in [-0.25, -0.2) is 0 Å². The molecule has 90 valence electrons. The molecule has 0 saturated carbocycles. The number of pyridine rings is 1. The summed E-state index contributed by atoms with van der Waals surface area (Å²) in [4.78, 5) is 5.29. The van der Waals surface area contributed by atoms with Crippen LogP contribution in [0.4, 0.5) is 0 Å². The third kappa shape index (κ3) is 3.28. The first kappa shape index (κ1) is 12.6. The lowest BCUT2D eigenvalue weighted by atomic mass is 10.1. The lowest BCUT2D eigenvalue weighted by Crippen LogP contribution is -2.21. The van der Waals surface area contributed by atoms with Gasteiger partial charge in [-0.3, -0.25) is 4.98 Å². The lowest BCUT2D eigenvalue weighted by Gasteiger charge is -2.19. The highest BCUT2D eigenvalue weighted by atomic mass is 35.5. The Labute approximate surface area is 111 Å². The fraction of sp³-hybridized carbons (Fsp3) is 0.308. The van der Waals surface area contributed by atoms with Gasteiger partial charge in [0.15, 0.2) is 0 Å². The van der Waals surface area contributed by atoms with E-state index in [1.807, 2.05) is 30.6 Å². The maximum atomic E-state index is 5.94. The average molecular weight is 267 g/mol. The van der Waals surface area contributed by atoms with E-state index in [2.05, 4.69) is 30.2 Å². The SMILES string of the molecule is CC(N[C@H](C)c1ccncc1)c1ccc(Cl)s1. The minimum absolute atomic E-state index is 0.300. The van der Waals surface area contributed by atoms with Crippen LogP contribution in [0.25, 0.3) is 0 Å². The largest absolute Gasteiger partial charge is 0.303 e. The summed E-state index contributed by atoms with van der Waals surface area (Å²) in [6.07, 6.45) is 3.64. The highest BCUT2D eigenvalue weighted by Gasteiger charge is 2.12. The molecule has 2 atom stereocenters. The number of rotatable bonds is 4. The zero-order valence-electron chi connectivity index (χ0n) is 9.85. The predicted molar refractivity (Wildman–Crippen MR) is 73.5 cm³/mol. The van der Waals surface area contributed by atoms with Gasteiger partial charge >= 0.3 is 0 Å². The Morgan fingerprint density at radius 1 is 1.12 bits per heavy atom. The number of hydrogen-bond acceptors (Lipinski definition) is 3. The van der Waals surface area contributed by atoms with Crippen LogP contribution in [0.3, 0.4) is 0 Å². The van der Waals surface area contributed by atoms with E-state index < -0.39 is 0 Å². The minimum atomic E-state index is 0.300. The first-order valence-electron chi connectivity index (χ1n) is 5.58. The summed E-state index contributed by atoms with van der Waals surface area (Å²) in [7, 11) is 0. The number of halogens is 1. The predicted octanol–water partition coefficient (Wildman–Crippen LogP) is 4.21. The van der Waals surface area contributed by atoms with Crippen LogP contribution in [0.15, 0.2) is 36.7 Å². The van der Waals surface area contributed by atoms with Crippen molar-refractivity contribution in [3.63, 3.8) is 0 Å². The van der Waals surface area contributed by atoms with Gasteiger partial charge in [-0.1, -0.05) is 11.6 Å². The van der Waals surface area contributed by atoms with Crippen molar-refractivity contribution in [2.75, 3.05) is 0 Å². The maximum Gasteiger partial charge on any atom is 0.0931 e. The molecule has 0 fully saturated rings. The normalized spacial score (nSPS) is 14.5. The summed E-state index contributed by atoms with van der Waals surface area (Å²) in [6.45, 7) is 4.31. The number of nitrogens with zero attached hydrogens (tertiary/aromatic N) is 1. The third-order valence-corrected chi connectivity index (χ3v) is 4.14. The Morgan fingerprint density at radius 3 is 2.41 bits per heavy atom.